The second-order valence-electron chi connectivity index (χ2n) is 4.66. The van der Waals surface area contributed by atoms with Crippen LogP contribution in [0.1, 0.15) is 34.1 Å². The summed E-state index contributed by atoms with van der Waals surface area (Å²) in [7, 11) is 0. The zero-order valence-corrected chi connectivity index (χ0v) is 16.6. The first-order chi connectivity index (χ1) is 13.0. The van der Waals surface area contributed by atoms with E-state index in [1.165, 1.54) is 6.92 Å². The van der Waals surface area contributed by atoms with Crippen molar-refractivity contribution in [2.24, 2.45) is 0 Å². The molecule has 0 amide bonds. The molecule has 0 spiro atoms. The molecule has 0 saturated heterocycles. The van der Waals surface area contributed by atoms with Crippen molar-refractivity contribution in [3.8, 4) is 0 Å². The van der Waals surface area contributed by atoms with Crippen LogP contribution in [-0.2, 0) is 28.7 Å². The van der Waals surface area contributed by atoms with E-state index in [0.717, 1.165) is 12.2 Å². The maximum absolute atomic E-state index is 11.0. The fourth-order valence-electron chi connectivity index (χ4n) is 1.01. The molecule has 0 unspecified atom stereocenters. The minimum atomic E-state index is -1.16. The normalized spacial score (nSPS) is 10.1. The fourth-order valence-corrected chi connectivity index (χ4v) is 1.01. The molecule has 9 heteroatoms. The number of ether oxygens (including phenoxy) is 2. The Labute approximate surface area is 164 Å². The van der Waals surface area contributed by atoms with E-state index in [2.05, 4.69) is 22.6 Å². The molecule has 0 aliphatic rings. The van der Waals surface area contributed by atoms with Crippen LogP contribution in [0.25, 0.3) is 0 Å². The molecule has 0 saturated carbocycles. The van der Waals surface area contributed by atoms with Gasteiger partial charge >= 0.3 is 23.9 Å². The lowest BCUT2D eigenvalue weighted by atomic mass is 10.2. The molecule has 9 nitrogen and oxygen atoms in total. The van der Waals surface area contributed by atoms with Crippen molar-refractivity contribution in [3.63, 3.8) is 0 Å². The van der Waals surface area contributed by atoms with Crippen molar-refractivity contribution in [2.75, 3.05) is 13.2 Å². The van der Waals surface area contributed by atoms with Crippen molar-refractivity contribution in [1.29, 1.82) is 0 Å². The molecule has 0 aromatic heterocycles. The van der Waals surface area contributed by atoms with Crippen molar-refractivity contribution in [1.82, 2.24) is 0 Å². The Morgan fingerprint density at radius 1 is 0.964 bits per heavy atom. The molecule has 0 radical (unpaired) electrons. The molecule has 0 rings (SSSR count). The Morgan fingerprint density at radius 2 is 1.46 bits per heavy atom. The molecule has 0 atom stereocenters. The number of hydrogen-bond donors (Lipinski definition) is 3. The Balaban J connectivity index is -0.000000375. The first-order valence-corrected chi connectivity index (χ1v) is 8.15. The average Bonchev–Trinajstić information content (AvgIpc) is 2.66. The number of carbonyl (C=O) groups is 4. The zero-order valence-electron chi connectivity index (χ0n) is 16.6. The predicted octanol–water partition coefficient (Wildman–Crippen LogP) is 2.79. The van der Waals surface area contributed by atoms with E-state index in [1.54, 1.807) is 20.8 Å². The number of carboxylic acids is 2. The summed E-state index contributed by atoms with van der Waals surface area (Å²) in [5, 5.41) is 25.2. The third kappa shape index (κ3) is 17.5. The third-order valence-corrected chi connectivity index (χ3v) is 2.54. The number of aliphatic hydroxyl groups is 1. The molecule has 3 N–H and O–H groups in total. The van der Waals surface area contributed by atoms with Crippen molar-refractivity contribution in [2.45, 2.75) is 34.1 Å². The van der Waals surface area contributed by atoms with Crippen LogP contribution >= 0.6 is 0 Å². The number of aliphatic carboxylic acids is 2. The standard InChI is InChI=1S/C9H12O5.2C5H8O2/c1-3-14-9(13)7(5-10)4-6(2)8(11)12;1-3-5(6)7-4-2;1-3-4(2)5(6)7/h4-5,10H,3H2,1-2H3,(H,11,12);3H,1,4H2,2H3;2-3H2,1H3,(H,6,7). The quantitative estimate of drug-likeness (QED) is 0.242. The molecular formula is C19H28O9. The van der Waals surface area contributed by atoms with Crippen LogP contribution < -0.4 is 0 Å². The van der Waals surface area contributed by atoms with Gasteiger partial charge in [0, 0.05) is 17.2 Å². The van der Waals surface area contributed by atoms with Crippen LogP contribution in [0, 0.1) is 0 Å². The smallest absolute Gasteiger partial charge is 0.341 e. The highest BCUT2D eigenvalue weighted by atomic mass is 16.5. The maximum atomic E-state index is 11.0. The molecule has 0 fully saturated rings. The third-order valence-electron chi connectivity index (χ3n) is 2.54. The minimum absolute atomic E-state index is 0.0571. The van der Waals surface area contributed by atoms with Gasteiger partial charge in [-0.25, -0.2) is 19.2 Å². The number of aliphatic hydroxyl groups excluding tert-OH is 1. The molecule has 0 bridgehead atoms. The Hall–Kier alpha value is -3.36. The summed E-state index contributed by atoms with van der Waals surface area (Å²) in [6, 6.07) is 0. The van der Waals surface area contributed by atoms with Crippen molar-refractivity contribution < 1.29 is 44.0 Å². The van der Waals surface area contributed by atoms with Gasteiger partial charge in [-0.1, -0.05) is 20.1 Å². The van der Waals surface area contributed by atoms with Gasteiger partial charge in [0.15, 0.2) is 0 Å². The molecule has 0 aliphatic carbocycles. The molecule has 0 aromatic rings. The van der Waals surface area contributed by atoms with Crippen LogP contribution in [0.2, 0.25) is 0 Å². The second-order valence-corrected chi connectivity index (χ2v) is 4.66. The molecule has 28 heavy (non-hydrogen) atoms. The highest BCUT2D eigenvalue weighted by Gasteiger charge is 2.10. The monoisotopic (exact) mass is 400 g/mol. The topological polar surface area (TPSA) is 147 Å². The minimum Gasteiger partial charge on any atom is -0.515 e. The Bertz CT molecular complexity index is 611. The Kier molecular flexibility index (Phi) is 19.4. The SMILES string of the molecule is C=C(CC)C(=O)O.C=CC(=O)OCC.CCOC(=O)C(C=C(C)C(=O)O)=CO. The summed E-state index contributed by atoms with van der Waals surface area (Å²) in [6.45, 7) is 13.5. The maximum Gasteiger partial charge on any atom is 0.341 e. The van der Waals surface area contributed by atoms with Gasteiger partial charge in [-0.05, 0) is 33.3 Å². The molecule has 0 aromatic carbocycles. The molecule has 0 aliphatic heterocycles. The first kappa shape index (κ1) is 29.4. The lowest BCUT2D eigenvalue weighted by molar-refractivity contribution is -0.138. The van der Waals surface area contributed by atoms with E-state index < -0.39 is 17.9 Å². The molecule has 158 valence electrons. The number of carboxylic acid groups (broad SMARTS) is 2. The highest BCUT2D eigenvalue weighted by Crippen LogP contribution is 2.04. The van der Waals surface area contributed by atoms with Gasteiger partial charge in [0.25, 0.3) is 0 Å². The average molecular weight is 400 g/mol. The molecule has 0 heterocycles. The van der Waals surface area contributed by atoms with E-state index in [0.29, 0.717) is 19.3 Å². The van der Waals surface area contributed by atoms with E-state index in [1.807, 2.05) is 0 Å². The van der Waals surface area contributed by atoms with Crippen LogP contribution in [-0.4, -0.2) is 52.4 Å². The van der Waals surface area contributed by atoms with Crippen LogP contribution in [0.3, 0.4) is 0 Å². The summed E-state index contributed by atoms with van der Waals surface area (Å²) in [5.74, 6) is -3.17. The lowest BCUT2D eigenvalue weighted by Gasteiger charge is -2.01. The summed E-state index contributed by atoms with van der Waals surface area (Å²) in [4.78, 5) is 41.3. The lowest BCUT2D eigenvalue weighted by Crippen LogP contribution is -2.08. The van der Waals surface area contributed by atoms with Gasteiger partial charge in [-0.15, -0.1) is 0 Å². The number of hydrogen-bond acceptors (Lipinski definition) is 7. The molecular weight excluding hydrogens is 372 g/mol. The van der Waals surface area contributed by atoms with Gasteiger partial charge in [0.1, 0.15) is 0 Å². The number of esters is 2. The van der Waals surface area contributed by atoms with E-state index in [9.17, 15) is 19.2 Å². The number of rotatable bonds is 8. The van der Waals surface area contributed by atoms with Crippen LogP contribution in [0.5, 0.6) is 0 Å². The largest absolute Gasteiger partial charge is 0.515 e. The van der Waals surface area contributed by atoms with E-state index >= 15 is 0 Å². The van der Waals surface area contributed by atoms with Gasteiger partial charge in [0.05, 0.1) is 25.0 Å². The first-order valence-electron chi connectivity index (χ1n) is 8.15. The van der Waals surface area contributed by atoms with Gasteiger partial charge in [-0.3, -0.25) is 0 Å². The zero-order chi connectivity index (χ0) is 22.7. The summed E-state index contributed by atoms with van der Waals surface area (Å²) < 4.78 is 9.00. The van der Waals surface area contributed by atoms with Crippen molar-refractivity contribution >= 4 is 23.9 Å². The van der Waals surface area contributed by atoms with Crippen LogP contribution in [0.4, 0.5) is 0 Å². The van der Waals surface area contributed by atoms with Crippen LogP contribution in [0.15, 0.2) is 48.3 Å². The fraction of sp³-hybridized carbons (Fsp3) is 0.368. The van der Waals surface area contributed by atoms with Gasteiger partial charge in [-0.2, -0.15) is 0 Å². The van der Waals surface area contributed by atoms with E-state index in [-0.39, 0.29) is 29.3 Å². The summed E-state index contributed by atoms with van der Waals surface area (Å²) >= 11 is 0. The Morgan fingerprint density at radius 3 is 1.68 bits per heavy atom. The van der Waals surface area contributed by atoms with Crippen molar-refractivity contribution in [3.05, 3.63) is 48.3 Å². The predicted molar refractivity (Wildman–Crippen MR) is 103 cm³/mol. The van der Waals surface area contributed by atoms with Gasteiger partial charge in [0.2, 0.25) is 0 Å². The summed E-state index contributed by atoms with van der Waals surface area (Å²) in [6.07, 6.45) is 3.23. The highest BCUT2D eigenvalue weighted by molar-refractivity contribution is 5.95. The summed E-state index contributed by atoms with van der Waals surface area (Å²) in [5.41, 5.74) is 0.0186. The van der Waals surface area contributed by atoms with Gasteiger partial charge < -0.3 is 24.8 Å². The second kappa shape index (κ2) is 18.4. The number of carbonyl (C=O) groups excluding carboxylic acids is 2. The van der Waals surface area contributed by atoms with E-state index in [4.69, 9.17) is 15.3 Å².